The van der Waals surface area contributed by atoms with Crippen molar-refractivity contribution >= 4 is 45.6 Å². The minimum atomic E-state index is -4.75. The normalized spacial score (nSPS) is 15.2. The van der Waals surface area contributed by atoms with Crippen molar-refractivity contribution in [1.82, 2.24) is 9.88 Å². The van der Waals surface area contributed by atoms with E-state index in [-0.39, 0.29) is 5.75 Å². The van der Waals surface area contributed by atoms with Crippen LogP contribution in [-0.4, -0.2) is 55.6 Å². The molecule has 0 atom stereocenters. The van der Waals surface area contributed by atoms with Crippen molar-refractivity contribution in [3.05, 3.63) is 58.6 Å². The molecule has 3 aromatic rings. The van der Waals surface area contributed by atoms with Crippen molar-refractivity contribution < 1.29 is 22.6 Å². The van der Waals surface area contributed by atoms with E-state index in [2.05, 4.69) is 9.64 Å². The van der Waals surface area contributed by atoms with Gasteiger partial charge in [-0.3, -0.25) is 4.90 Å². The van der Waals surface area contributed by atoms with Crippen molar-refractivity contribution in [2.24, 2.45) is 0 Å². The Morgan fingerprint density at radius 3 is 2.44 bits per heavy atom. The van der Waals surface area contributed by atoms with Gasteiger partial charge in [-0.25, -0.2) is 4.98 Å². The highest BCUT2D eigenvalue weighted by molar-refractivity contribution is 6.39. The van der Waals surface area contributed by atoms with Crippen molar-refractivity contribution in [3.8, 4) is 5.75 Å². The molecule has 10 heteroatoms. The van der Waals surface area contributed by atoms with E-state index in [9.17, 15) is 13.2 Å². The number of aromatic nitrogens is 1. The zero-order valence-corrected chi connectivity index (χ0v) is 18.4. The lowest BCUT2D eigenvalue weighted by molar-refractivity contribution is -0.274. The maximum absolute atomic E-state index is 12.5. The summed E-state index contributed by atoms with van der Waals surface area (Å²) in [7, 11) is 0. The van der Waals surface area contributed by atoms with Gasteiger partial charge in [-0.15, -0.1) is 13.2 Å². The number of benzene rings is 2. The predicted molar refractivity (Wildman–Crippen MR) is 119 cm³/mol. The average molecular weight is 486 g/mol. The Hall–Kier alpha value is -2.26. The summed E-state index contributed by atoms with van der Waals surface area (Å²) in [5, 5.41) is 1.68. The standard InChI is InChI=1S/C22H20Cl2F3N3O2/c23-18-3-1-2-17-19(24)14-20(28-21(17)18)30(9-8-29-10-12-31-13-11-29)15-4-6-16(7-5-15)32-22(25,26)27/h1-7,14H,8-13H2. The fourth-order valence-corrected chi connectivity index (χ4v) is 4.03. The molecule has 1 aliphatic heterocycles. The molecule has 0 amide bonds. The van der Waals surface area contributed by atoms with Crippen LogP contribution in [0, 0.1) is 0 Å². The molecule has 0 spiro atoms. The van der Waals surface area contributed by atoms with E-state index in [0.717, 1.165) is 18.5 Å². The summed E-state index contributed by atoms with van der Waals surface area (Å²) in [6.45, 7) is 4.20. The lowest BCUT2D eigenvalue weighted by Crippen LogP contribution is -2.40. The molecular formula is C22H20Cl2F3N3O2. The van der Waals surface area contributed by atoms with E-state index in [0.29, 0.717) is 53.4 Å². The predicted octanol–water partition coefficient (Wildman–Crippen LogP) is 5.91. The summed E-state index contributed by atoms with van der Waals surface area (Å²) in [5.74, 6) is 0.260. The number of ether oxygens (including phenoxy) is 2. The summed E-state index contributed by atoms with van der Waals surface area (Å²) in [4.78, 5) is 8.87. The summed E-state index contributed by atoms with van der Waals surface area (Å²) < 4.78 is 47.0. The van der Waals surface area contributed by atoms with Crippen molar-refractivity contribution in [1.29, 1.82) is 0 Å². The number of nitrogens with zero attached hydrogens (tertiary/aromatic N) is 3. The third-order valence-corrected chi connectivity index (χ3v) is 5.75. The van der Waals surface area contributed by atoms with Crippen LogP contribution in [0.25, 0.3) is 10.9 Å². The monoisotopic (exact) mass is 485 g/mol. The van der Waals surface area contributed by atoms with Gasteiger partial charge in [0.2, 0.25) is 0 Å². The second kappa shape index (κ2) is 9.70. The Bertz CT molecular complexity index is 1070. The van der Waals surface area contributed by atoms with Crippen LogP contribution in [0.1, 0.15) is 0 Å². The Labute approximate surface area is 193 Å². The first-order chi connectivity index (χ1) is 15.3. The molecule has 0 saturated carbocycles. The molecule has 32 heavy (non-hydrogen) atoms. The zero-order valence-electron chi connectivity index (χ0n) is 16.9. The van der Waals surface area contributed by atoms with Gasteiger partial charge in [-0.05, 0) is 30.3 Å². The molecule has 2 aromatic carbocycles. The Balaban J connectivity index is 1.67. The van der Waals surface area contributed by atoms with Gasteiger partial charge in [-0.2, -0.15) is 0 Å². The number of fused-ring (bicyclic) bond motifs is 1. The molecule has 170 valence electrons. The highest BCUT2D eigenvalue weighted by Gasteiger charge is 2.31. The van der Waals surface area contributed by atoms with E-state index in [1.165, 1.54) is 12.1 Å². The topological polar surface area (TPSA) is 37.8 Å². The molecule has 1 saturated heterocycles. The second-order valence-electron chi connectivity index (χ2n) is 7.25. The Morgan fingerprint density at radius 1 is 1.03 bits per heavy atom. The van der Waals surface area contributed by atoms with Gasteiger partial charge in [0.25, 0.3) is 0 Å². The van der Waals surface area contributed by atoms with Crippen molar-refractivity contribution in [3.63, 3.8) is 0 Å². The van der Waals surface area contributed by atoms with Gasteiger partial charge in [0, 0.05) is 43.3 Å². The van der Waals surface area contributed by atoms with Crippen LogP contribution in [0.3, 0.4) is 0 Å². The molecule has 1 aliphatic rings. The summed E-state index contributed by atoms with van der Waals surface area (Å²) >= 11 is 12.9. The van der Waals surface area contributed by atoms with Crippen LogP contribution in [-0.2, 0) is 4.74 Å². The highest BCUT2D eigenvalue weighted by atomic mass is 35.5. The number of hydrogen-bond donors (Lipinski definition) is 0. The van der Waals surface area contributed by atoms with Gasteiger partial charge in [0.15, 0.2) is 0 Å². The number of hydrogen-bond acceptors (Lipinski definition) is 5. The number of alkyl halides is 3. The van der Waals surface area contributed by atoms with Gasteiger partial charge in [-0.1, -0.05) is 35.3 Å². The van der Waals surface area contributed by atoms with Gasteiger partial charge in [0.1, 0.15) is 11.6 Å². The van der Waals surface area contributed by atoms with Crippen LogP contribution in [0.15, 0.2) is 48.5 Å². The third kappa shape index (κ3) is 5.56. The number of halogens is 5. The lowest BCUT2D eigenvalue weighted by Gasteiger charge is -2.31. The van der Waals surface area contributed by atoms with Crippen LogP contribution in [0.5, 0.6) is 5.75 Å². The largest absolute Gasteiger partial charge is 0.573 e. The quantitative estimate of drug-likeness (QED) is 0.433. The van der Waals surface area contributed by atoms with Gasteiger partial charge < -0.3 is 14.4 Å². The maximum Gasteiger partial charge on any atom is 0.573 e. The molecule has 0 radical (unpaired) electrons. The number of rotatable bonds is 6. The van der Waals surface area contributed by atoms with Crippen molar-refractivity contribution in [2.75, 3.05) is 44.3 Å². The summed E-state index contributed by atoms with van der Waals surface area (Å²) in [5.41, 5.74) is 1.22. The molecular weight excluding hydrogens is 466 g/mol. The Kier molecular flexibility index (Phi) is 6.95. The first kappa shape index (κ1) is 22.9. The third-order valence-electron chi connectivity index (χ3n) is 5.13. The average Bonchev–Trinajstić information content (AvgIpc) is 2.75. The van der Waals surface area contributed by atoms with Crippen LogP contribution >= 0.6 is 23.2 Å². The molecule has 5 nitrogen and oxygen atoms in total. The van der Waals surface area contributed by atoms with Crippen LogP contribution in [0.2, 0.25) is 10.0 Å². The van der Waals surface area contributed by atoms with E-state index in [1.54, 1.807) is 30.3 Å². The molecule has 1 fully saturated rings. The van der Waals surface area contributed by atoms with E-state index in [4.69, 9.17) is 32.9 Å². The minimum absolute atomic E-state index is 0.290. The lowest BCUT2D eigenvalue weighted by atomic mass is 10.2. The molecule has 0 aliphatic carbocycles. The van der Waals surface area contributed by atoms with Crippen LogP contribution in [0.4, 0.5) is 24.7 Å². The molecule has 0 bridgehead atoms. The number of anilines is 2. The zero-order chi connectivity index (χ0) is 22.7. The Morgan fingerprint density at radius 2 is 1.75 bits per heavy atom. The minimum Gasteiger partial charge on any atom is -0.406 e. The molecule has 2 heterocycles. The molecule has 4 rings (SSSR count). The summed E-state index contributed by atoms with van der Waals surface area (Å²) in [6.07, 6.45) is -4.75. The fraction of sp³-hybridized carbons (Fsp3) is 0.318. The number of morpholine rings is 1. The summed E-state index contributed by atoms with van der Waals surface area (Å²) in [6, 6.07) is 12.8. The first-order valence-electron chi connectivity index (χ1n) is 9.98. The fourth-order valence-electron chi connectivity index (χ4n) is 3.57. The molecule has 0 N–H and O–H groups in total. The van der Waals surface area contributed by atoms with Gasteiger partial charge in [0.05, 0.1) is 28.8 Å². The molecule has 1 aromatic heterocycles. The number of pyridine rings is 1. The van der Waals surface area contributed by atoms with E-state index >= 15 is 0 Å². The highest BCUT2D eigenvalue weighted by Crippen LogP contribution is 2.34. The van der Waals surface area contributed by atoms with Gasteiger partial charge >= 0.3 is 6.36 Å². The number of para-hydroxylation sites is 1. The van der Waals surface area contributed by atoms with E-state index in [1.807, 2.05) is 11.0 Å². The molecule has 0 unspecified atom stereocenters. The SMILES string of the molecule is FC(F)(F)Oc1ccc(N(CCN2CCOCC2)c2cc(Cl)c3cccc(Cl)c3n2)cc1. The van der Waals surface area contributed by atoms with E-state index < -0.39 is 6.36 Å². The first-order valence-corrected chi connectivity index (χ1v) is 10.7. The van der Waals surface area contributed by atoms with Crippen LogP contribution < -0.4 is 9.64 Å². The maximum atomic E-state index is 12.5. The van der Waals surface area contributed by atoms with Crippen molar-refractivity contribution in [2.45, 2.75) is 6.36 Å². The smallest absolute Gasteiger partial charge is 0.406 e. The second-order valence-corrected chi connectivity index (χ2v) is 8.06.